The van der Waals surface area contributed by atoms with E-state index in [4.69, 9.17) is 19.2 Å². The first-order valence-corrected chi connectivity index (χ1v) is 8.28. The van der Waals surface area contributed by atoms with E-state index < -0.39 is 36.6 Å². The molecule has 2 rings (SSSR count). The zero-order valence-electron chi connectivity index (χ0n) is 15.3. The van der Waals surface area contributed by atoms with Crippen LogP contribution in [0.4, 0.5) is 4.79 Å². The Labute approximate surface area is 148 Å². The van der Waals surface area contributed by atoms with Gasteiger partial charge in [0.1, 0.15) is 12.4 Å². The molecule has 0 unspecified atom stereocenters. The van der Waals surface area contributed by atoms with Gasteiger partial charge in [0.05, 0.1) is 23.3 Å². The lowest BCUT2D eigenvalue weighted by molar-refractivity contribution is 0.00578. The Morgan fingerprint density at radius 1 is 1.20 bits per heavy atom. The molecule has 0 saturated carbocycles. The van der Waals surface area contributed by atoms with Gasteiger partial charge in [-0.3, -0.25) is 0 Å². The first-order chi connectivity index (χ1) is 11.5. The van der Waals surface area contributed by atoms with Crippen molar-refractivity contribution < 1.29 is 29.1 Å². The predicted molar refractivity (Wildman–Crippen MR) is 94.3 cm³/mol. The Hall–Kier alpha value is -1.77. The minimum absolute atomic E-state index is 0.0276. The molecule has 3 N–H and O–H groups in total. The fourth-order valence-corrected chi connectivity index (χ4v) is 2.35. The number of ether oxygens (including phenoxy) is 1. The highest BCUT2D eigenvalue weighted by Gasteiger charge is 2.51. The lowest BCUT2D eigenvalue weighted by atomic mass is 9.79. The number of rotatable bonds is 6. The van der Waals surface area contributed by atoms with Crippen LogP contribution >= 0.6 is 0 Å². The number of carbonyl (C=O) groups is 1. The van der Waals surface area contributed by atoms with Gasteiger partial charge < -0.3 is 29.6 Å². The second kappa shape index (κ2) is 7.23. The fourth-order valence-electron chi connectivity index (χ4n) is 2.35. The van der Waals surface area contributed by atoms with E-state index in [1.54, 1.807) is 12.1 Å². The maximum Gasteiger partial charge on any atom is 0.494 e. The Balaban J connectivity index is 1.97. The average Bonchev–Trinajstić information content (AvgIpc) is 2.72. The van der Waals surface area contributed by atoms with Gasteiger partial charge in [0.15, 0.2) is 0 Å². The summed E-state index contributed by atoms with van der Waals surface area (Å²) in [6, 6.07) is 6.51. The Kier molecular flexibility index (Phi) is 5.66. The normalized spacial score (nSPS) is 20.8. The summed E-state index contributed by atoms with van der Waals surface area (Å²) in [7, 11) is -0.446. The largest absolute Gasteiger partial charge is 0.494 e. The number of carboxylic acid groups (broad SMARTS) is 1. The number of aliphatic hydroxyl groups excluding tert-OH is 1. The molecule has 0 radical (unpaired) electrons. The van der Waals surface area contributed by atoms with Crippen molar-refractivity contribution in [3.63, 3.8) is 0 Å². The number of benzene rings is 1. The maximum absolute atomic E-state index is 10.7. The molecule has 0 aromatic heterocycles. The van der Waals surface area contributed by atoms with Gasteiger partial charge in [0, 0.05) is 0 Å². The van der Waals surface area contributed by atoms with E-state index in [2.05, 4.69) is 5.32 Å². The summed E-state index contributed by atoms with van der Waals surface area (Å²) in [5.74, 6) is 0.568. The molecule has 1 aliphatic heterocycles. The van der Waals surface area contributed by atoms with Gasteiger partial charge in [-0.1, -0.05) is 12.1 Å². The molecule has 0 bridgehead atoms. The van der Waals surface area contributed by atoms with Gasteiger partial charge in [0.2, 0.25) is 0 Å². The lowest BCUT2D eigenvalue weighted by Gasteiger charge is -2.32. The predicted octanol–water partition coefficient (Wildman–Crippen LogP) is 1.38. The number of nitrogens with one attached hydrogen (secondary N) is 1. The van der Waals surface area contributed by atoms with Crippen molar-refractivity contribution in [3.05, 3.63) is 24.3 Å². The quantitative estimate of drug-likeness (QED) is 0.670. The van der Waals surface area contributed by atoms with Crippen LogP contribution in [0, 0.1) is 0 Å². The third-order valence-electron chi connectivity index (χ3n) is 4.73. The van der Waals surface area contributed by atoms with Crippen LogP contribution in [-0.2, 0) is 9.31 Å². The maximum atomic E-state index is 10.7. The summed E-state index contributed by atoms with van der Waals surface area (Å²) >= 11 is 0. The number of hydrogen-bond acceptors (Lipinski definition) is 5. The molecule has 1 saturated heterocycles. The topological polar surface area (TPSA) is 97.3 Å². The molecule has 7 nitrogen and oxygen atoms in total. The molecular weight excluding hydrogens is 325 g/mol. The highest BCUT2D eigenvalue weighted by Crippen LogP contribution is 2.36. The van der Waals surface area contributed by atoms with Gasteiger partial charge in [0.25, 0.3) is 0 Å². The van der Waals surface area contributed by atoms with Crippen molar-refractivity contribution in [1.29, 1.82) is 0 Å². The monoisotopic (exact) mass is 351 g/mol. The van der Waals surface area contributed by atoms with E-state index in [1.165, 1.54) is 6.92 Å². The van der Waals surface area contributed by atoms with Crippen molar-refractivity contribution >= 4 is 18.7 Å². The van der Waals surface area contributed by atoms with Crippen molar-refractivity contribution in [3.8, 4) is 5.75 Å². The van der Waals surface area contributed by atoms with Crippen LogP contribution in [0.5, 0.6) is 5.75 Å². The third kappa shape index (κ3) is 4.65. The van der Waals surface area contributed by atoms with Crippen molar-refractivity contribution in [2.45, 2.75) is 58.0 Å². The second-order valence-corrected chi connectivity index (χ2v) is 7.26. The van der Waals surface area contributed by atoms with E-state index in [0.717, 1.165) is 5.46 Å². The molecule has 1 aromatic rings. The van der Waals surface area contributed by atoms with Crippen LogP contribution in [0.25, 0.3) is 0 Å². The smallest absolute Gasteiger partial charge is 0.491 e. The van der Waals surface area contributed by atoms with Crippen LogP contribution in [0.15, 0.2) is 24.3 Å². The van der Waals surface area contributed by atoms with Gasteiger partial charge in [-0.25, -0.2) is 4.79 Å². The standard InChI is InChI=1S/C17H26BNO6/c1-11(20)14(19-15(21)22)10-23-13-8-6-12(7-9-13)18-24-16(2,3)17(4,5)25-18/h6-9,11,14,19-20H,10H2,1-5H3,(H,21,22)/t11-,14-/m0/s1. The van der Waals surface area contributed by atoms with Gasteiger partial charge in [-0.05, 0) is 52.2 Å². The SMILES string of the molecule is C[C@H](O)[C@H](COc1ccc(B2OC(C)(C)C(C)(C)O2)cc1)NC(=O)O. The highest BCUT2D eigenvalue weighted by molar-refractivity contribution is 6.62. The molecule has 1 aliphatic rings. The number of aliphatic hydroxyl groups is 1. The molecule has 1 heterocycles. The van der Waals surface area contributed by atoms with E-state index in [9.17, 15) is 9.90 Å². The molecule has 0 spiro atoms. The molecule has 0 aliphatic carbocycles. The van der Waals surface area contributed by atoms with Crippen LogP contribution < -0.4 is 15.5 Å². The fraction of sp³-hybridized carbons (Fsp3) is 0.588. The van der Waals surface area contributed by atoms with E-state index in [1.807, 2.05) is 39.8 Å². The van der Waals surface area contributed by atoms with Gasteiger partial charge in [-0.2, -0.15) is 0 Å². The molecule has 1 aromatic carbocycles. The molecule has 1 fully saturated rings. The van der Waals surface area contributed by atoms with Gasteiger partial charge >= 0.3 is 13.2 Å². The zero-order chi connectivity index (χ0) is 18.8. The van der Waals surface area contributed by atoms with Crippen molar-refractivity contribution in [2.75, 3.05) is 6.61 Å². The minimum atomic E-state index is -1.20. The van der Waals surface area contributed by atoms with Crippen molar-refractivity contribution in [2.24, 2.45) is 0 Å². The Morgan fingerprint density at radius 3 is 2.16 bits per heavy atom. The Morgan fingerprint density at radius 2 is 1.72 bits per heavy atom. The third-order valence-corrected chi connectivity index (χ3v) is 4.73. The molecule has 8 heteroatoms. The highest BCUT2D eigenvalue weighted by atomic mass is 16.7. The number of amides is 1. The summed E-state index contributed by atoms with van der Waals surface area (Å²) in [4.78, 5) is 10.7. The summed E-state index contributed by atoms with van der Waals surface area (Å²) in [5, 5.41) is 20.6. The lowest BCUT2D eigenvalue weighted by Crippen LogP contribution is -2.45. The van der Waals surface area contributed by atoms with Crippen molar-refractivity contribution in [1.82, 2.24) is 5.32 Å². The molecular formula is C17H26BNO6. The van der Waals surface area contributed by atoms with Crippen LogP contribution in [0.3, 0.4) is 0 Å². The summed E-state index contributed by atoms with van der Waals surface area (Å²) in [5.41, 5.74) is 0.0707. The van der Waals surface area contributed by atoms with Crippen LogP contribution in [0.2, 0.25) is 0 Å². The average molecular weight is 351 g/mol. The van der Waals surface area contributed by atoms with Crippen LogP contribution in [0.1, 0.15) is 34.6 Å². The van der Waals surface area contributed by atoms with Crippen LogP contribution in [-0.4, -0.2) is 53.4 Å². The van der Waals surface area contributed by atoms with E-state index in [-0.39, 0.29) is 6.61 Å². The Bertz CT molecular complexity index is 586. The molecule has 25 heavy (non-hydrogen) atoms. The molecule has 1 amide bonds. The van der Waals surface area contributed by atoms with E-state index in [0.29, 0.717) is 5.75 Å². The first kappa shape index (κ1) is 19.6. The summed E-state index contributed by atoms with van der Waals surface area (Å²) in [6.07, 6.45) is -2.06. The van der Waals surface area contributed by atoms with Gasteiger partial charge in [-0.15, -0.1) is 0 Å². The zero-order valence-corrected chi connectivity index (χ0v) is 15.3. The van der Waals surface area contributed by atoms with E-state index >= 15 is 0 Å². The molecule has 138 valence electrons. The first-order valence-electron chi connectivity index (χ1n) is 8.28. The summed E-state index contributed by atoms with van der Waals surface area (Å²) in [6.45, 7) is 9.52. The minimum Gasteiger partial charge on any atom is -0.491 e. The number of hydrogen-bond donors (Lipinski definition) is 3. The summed E-state index contributed by atoms with van der Waals surface area (Å²) < 4.78 is 17.5. The molecule has 2 atom stereocenters. The second-order valence-electron chi connectivity index (χ2n) is 7.26.